The molecule has 0 heterocycles. The maximum absolute atomic E-state index is 12.5. The number of nitrogens with two attached hydrogens (primary N) is 2. The molecule has 1 rings (SSSR count). The van der Waals surface area contributed by atoms with Crippen LogP contribution in [0, 0.1) is 0 Å². The molecule has 1 aromatic carbocycles. The zero-order valence-electron chi connectivity index (χ0n) is 18.1. The van der Waals surface area contributed by atoms with E-state index >= 15 is 0 Å². The van der Waals surface area contributed by atoms with Gasteiger partial charge in [0.05, 0.1) is 19.7 Å². The topological polar surface area (TPSA) is 189 Å². The first-order valence-corrected chi connectivity index (χ1v) is 10.1. The molecule has 0 saturated heterocycles. The Kier molecular flexibility index (Phi) is 14.9. The summed E-state index contributed by atoms with van der Waals surface area (Å²) in [5, 5.41) is 19.0. The minimum atomic E-state index is -0.894. The lowest BCUT2D eigenvalue weighted by atomic mass is 10.1. The van der Waals surface area contributed by atoms with Crippen molar-refractivity contribution in [2.24, 2.45) is 11.5 Å². The minimum absolute atomic E-state index is 0.117. The molecule has 0 aliphatic carbocycles. The van der Waals surface area contributed by atoms with Crippen LogP contribution in [0.15, 0.2) is 24.3 Å². The number of rotatable bonds is 11. The normalized spacial score (nSPS) is 10.7. The van der Waals surface area contributed by atoms with Crippen LogP contribution >= 0.6 is 0 Å². The number of urea groups is 1. The lowest BCUT2D eigenvalue weighted by Crippen LogP contribution is -2.48. The highest BCUT2D eigenvalue weighted by atomic mass is 16.3. The average molecular weight is 439 g/mol. The van der Waals surface area contributed by atoms with E-state index in [4.69, 9.17) is 16.6 Å². The summed E-state index contributed by atoms with van der Waals surface area (Å²) in [6.45, 7) is 3.81. The number of aliphatic hydroxyl groups excluding tert-OH is 1. The Balaban J connectivity index is 0.00000282. The van der Waals surface area contributed by atoms with Gasteiger partial charge in [0.15, 0.2) is 0 Å². The van der Waals surface area contributed by atoms with Crippen molar-refractivity contribution in [3.05, 3.63) is 29.8 Å². The second-order valence-corrected chi connectivity index (χ2v) is 6.59. The summed E-state index contributed by atoms with van der Waals surface area (Å²) in [6, 6.07) is 4.98. The Morgan fingerprint density at radius 1 is 1.03 bits per heavy atom. The van der Waals surface area contributed by atoms with E-state index in [9.17, 15) is 19.2 Å². The van der Waals surface area contributed by atoms with Gasteiger partial charge in [-0.05, 0) is 30.5 Å². The largest absolute Gasteiger partial charge is 0.392 e. The molecule has 1 aromatic rings. The summed E-state index contributed by atoms with van der Waals surface area (Å²) < 4.78 is 0. The van der Waals surface area contributed by atoms with Crippen LogP contribution in [-0.4, -0.2) is 54.5 Å². The van der Waals surface area contributed by atoms with Gasteiger partial charge >= 0.3 is 6.03 Å². The van der Waals surface area contributed by atoms with Gasteiger partial charge in [-0.1, -0.05) is 32.4 Å². The van der Waals surface area contributed by atoms with Gasteiger partial charge in [0.2, 0.25) is 17.7 Å². The predicted octanol–water partition coefficient (Wildman–Crippen LogP) is -0.458. The molecule has 31 heavy (non-hydrogen) atoms. The summed E-state index contributed by atoms with van der Waals surface area (Å²) in [5.41, 5.74) is 11.3. The Bertz CT molecular complexity index is 696. The van der Waals surface area contributed by atoms with Crippen LogP contribution in [0.2, 0.25) is 0 Å². The quantitative estimate of drug-likeness (QED) is 0.229. The van der Waals surface area contributed by atoms with Gasteiger partial charge < -0.3 is 37.8 Å². The number of anilines is 1. The third kappa shape index (κ3) is 13.6. The standard InChI is InChI=1S/C17H26N6O5.C3H8/c18-8-14(25)21-9-15(26)23-13(2-1-7-20-17(19)28)16(27)22-12-5-3-11(10-24)4-6-12;1-3-2/h3-6,13,24H,1-2,7-10,18H2,(H,21,25)(H,22,27)(H,23,26)(H3,19,20,28);3H2,1-2H3. The molecule has 0 fully saturated rings. The highest BCUT2D eigenvalue weighted by molar-refractivity contribution is 5.97. The predicted molar refractivity (Wildman–Crippen MR) is 118 cm³/mol. The molecule has 1 atom stereocenters. The molecule has 5 amide bonds. The van der Waals surface area contributed by atoms with Gasteiger partial charge in [0.25, 0.3) is 0 Å². The molecule has 0 bridgehead atoms. The number of hydrogen-bond donors (Lipinski definition) is 7. The maximum Gasteiger partial charge on any atom is 0.312 e. The highest BCUT2D eigenvalue weighted by Gasteiger charge is 2.21. The first-order chi connectivity index (χ1) is 14.8. The van der Waals surface area contributed by atoms with Gasteiger partial charge in [-0.2, -0.15) is 0 Å². The second-order valence-electron chi connectivity index (χ2n) is 6.59. The zero-order chi connectivity index (χ0) is 23.6. The summed E-state index contributed by atoms with van der Waals surface area (Å²) in [5.74, 6) is -1.51. The summed E-state index contributed by atoms with van der Waals surface area (Å²) in [4.78, 5) is 46.4. The van der Waals surface area contributed by atoms with Gasteiger partial charge in [0.1, 0.15) is 6.04 Å². The first kappa shape index (κ1) is 27.8. The maximum atomic E-state index is 12.5. The molecular formula is C20H34N6O5. The third-order valence-electron chi connectivity index (χ3n) is 3.66. The van der Waals surface area contributed by atoms with Crippen LogP contribution in [0.4, 0.5) is 10.5 Å². The Labute approximate surface area is 182 Å². The third-order valence-corrected chi connectivity index (χ3v) is 3.66. The summed E-state index contributed by atoms with van der Waals surface area (Å²) in [7, 11) is 0. The molecule has 0 spiro atoms. The first-order valence-electron chi connectivity index (χ1n) is 10.1. The molecule has 0 saturated carbocycles. The number of nitrogens with one attached hydrogen (secondary N) is 4. The van der Waals surface area contributed by atoms with Crippen molar-refractivity contribution < 1.29 is 24.3 Å². The fourth-order valence-corrected chi connectivity index (χ4v) is 2.21. The van der Waals surface area contributed by atoms with Crippen molar-refractivity contribution in [2.45, 2.75) is 45.8 Å². The zero-order valence-corrected chi connectivity index (χ0v) is 18.1. The molecule has 0 aliphatic heterocycles. The lowest BCUT2D eigenvalue weighted by molar-refractivity contribution is -0.128. The van der Waals surface area contributed by atoms with Crippen LogP contribution < -0.4 is 32.7 Å². The van der Waals surface area contributed by atoms with Crippen LogP contribution in [0.25, 0.3) is 0 Å². The van der Waals surface area contributed by atoms with Gasteiger partial charge in [0, 0.05) is 12.2 Å². The number of carbonyl (C=O) groups excluding carboxylic acids is 4. The number of amides is 5. The van der Waals surface area contributed by atoms with Gasteiger partial charge in [-0.15, -0.1) is 0 Å². The number of aliphatic hydroxyl groups is 1. The molecule has 11 nitrogen and oxygen atoms in total. The van der Waals surface area contributed by atoms with Gasteiger partial charge in [-0.3, -0.25) is 14.4 Å². The Morgan fingerprint density at radius 3 is 2.16 bits per heavy atom. The number of primary amides is 1. The smallest absolute Gasteiger partial charge is 0.312 e. The van der Waals surface area contributed by atoms with E-state index < -0.39 is 29.8 Å². The molecule has 174 valence electrons. The van der Waals surface area contributed by atoms with Crippen molar-refractivity contribution in [1.82, 2.24) is 16.0 Å². The van der Waals surface area contributed by atoms with E-state index in [0.717, 1.165) is 0 Å². The molecule has 11 heteroatoms. The molecule has 0 aromatic heterocycles. The van der Waals surface area contributed by atoms with E-state index in [1.165, 1.54) is 6.42 Å². The molecule has 0 aliphatic rings. The average Bonchev–Trinajstić information content (AvgIpc) is 2.74. The molecule has 1 unspecified atom stereocenters. The van der Waals surface area contributed by atoms with E-state index in [0.29, 0.717) is 17.7 Å². The monoisotopic (exact) mass is 438 g/mol. The van der Waals surface area contributed by atoms with Crippen LogP contribution in [0.1, 0.15) is 38.7 Å². The Hall–Kier alpha value is -3.18. The van der Waals surface area contributed by atoms with E-state index in [1.807, 2.05) is 0 Å². The second kappa shape index (κ2) is 16.6. The van der Waals surface area contributed by atoms with Crippen molar-refractivity contribution >= 4 is 29.4 Å². The number of hydrogen-bond acceptors (Lipinski definition) is 6. The van der Waals surface area contributed by atoms with E-state index in [1.54, 1.807) is 24.3 Å². The summed E-state index contributed by atoms with van der Waals surface area (Å²) >= 11 is 0. The number of carbonyl (C=O) groups is 4. The molecule has 0 radical (unpaired) electrons. The Morgan fingerprint density at radius 2 is 1.65 bits per heavy atom. The lowest BCUT2D eigenvalue weighted by Gasteiger charge is -2.19. The number of benzene rings is 1. The van der Waals surface area contributed by atoms with Crippen LogP contribution in [0.5, 0.6) is 0 Å². The van der Waals surface area contributed by atoms with E-state index in [2.05, 4.69) is 35.1 Å². The highest BCUT2D eigenvalue weighted by Crippen LogP contribution is 2.11. The van der Waals surface area contributed by atoms with Crippen molar-refractivity contribution in [1.29, 1.82) is 0 Å². The summed E-state index contributed by atoms with van der Waals surface area (Å²) in [6.07, 6.45) is 1.87. The van der Waals surface area contributed by atoms with Crippen molar-refractivity contribution in [3.8, 4) is 0 Å². The fourth-order valence-electron chi connectivity index (χ4n) is 2.21. The van der Waals surface area contributed by atoms with E-state index in [-0.39, 0.29) is 32.7 Å². The molecular weight excluding hydrogens is 404 g/mol. The fraction of sp³-hybridized carbons (Fsp3) is 0.500. The van der Waals surface area contributed by atoms with Crippen molar-refractivity contribution in [2.75, 3.05) is 25.0 Å². The van der Waals surface area contributed by atoms with Crippen LogP contribution in [-0.2, 0) is 21.0 Å². The van der Waals surface area contributed by atoms with Crippen LogP contribution in [0.3, 0.4) is 0 Å². The van der Waals surface area contributed by atoms with Gasteiger partial charge in [-0.25, -0.2) is 4.79 Å². The minimum Gasteiger partial charge on any atom is -0.392 e. The SMILES string of the molecule is CCC.NCC(=O)NCC(=O)NC(CCCNC(N)=O)C(=O)Nc1ccc(CO)cc1. The van der Waals surface area contributed by atoms with Crippen molar-refractivity contribution in [3.63, 3.8) is 0 Å². The molecule has 9 N–H and O–H groups in total.